The summed E-state index contributed by atoms with van der Waals surface area (Å²) in [6, 6.07) is 13.2. The molecule has 0 aliphatic carbocycles. The summed E-state index contributed by atoms with van der Waals surface area (Å²) in [6.07, 6.45) is 1.72. The van der Waals surface area contributed by atoms with E-state index in [0.29, 0.717) is 6.54 Å². The summed E-state index contributed by atoms with van der Waals surface area (Å²) in [5.74, 6) is -2.03. The number of carbonyl (C=O) groups excluding carboxylic acids is 1. The lowest BCUT2D eigenvalue weighted by molar-refractivity contribution is -0.120. The zero-order valence-electron chi connectivity index (χ0n) is 14.5. The van der Waals surface area contributed by atoms with Crippen molar-refractivity contribution in [2.75, 3.05) is 13.1 Å². The number of primary amides is 1. The van der Waals surface area contributed by atoms with Gasteiger partial charge in [0, 0.05) is 12.6 Å². The van der Waals surface area contributed by atoms with Crippen LogP contribution in [0.25, 0.3) is 0 Å². The number of hydrogen-bond acceptors (Lipinski definition) is 3. The van der Waals surface area contributed by atoms with E-state index >= 15 is 0 Å². The molecule has 4 nitrogen and oxygen atoms in total. The number of nitrogens with two attached hydrogens (primary N) is 1. The Morgan fingerprint density at radius 2 is 1.81 bits per heavy atom. The van der Waals surface area contributed by atoms with Crippen molar-refractivity contribution in [3.8, 4) is 0 Å². The normalized spacial score (nSPS) is 17.2. The van der Waals surface area contributed by atoms with E-state index in [2.05, 4.69) is 10.2 Å². The number of benzene rings is 2. The van der Waals surface area contributed by atoms with Crippen LogP contribution in [0.5, 0.6) is 0 Å². The Hall–Kier alpha value is -2.31. The van der Waals surface area contributed by atoms with Gasteiger partial charge in [-0.3, -0.25) is 15.0 Å². The molecule has 2 aromatic carbocycles. The van der Waals surface area contributed by atoms with Gasteiger partial charge in [0.05, 0.1) is 0 Å². The van der Waals surface area contributed by atoms with Crippen LogP contribution in [0, 0.1) is 11.6 Å². The quantitative estimate of drug-likeness (QED) is 0.834. The smallest absolute Gasteiger partial charge is 0.239 e. The summed E-state index contributed by atoms with van der Waals surface area (Å²) >= 11 is 0. The Morgan fingerprint density at radius 1 is 1.12 bits per heavy atom. The van der Waals surface area contributed by atoms with Gasteiger partial charge < -0.3 is 5.73 Å². The third kappa shape index (κ3) is 4.65. The lowest BCUT2D eigenvalue weighted by atomic mass is 10.00. The molecule has 0 spiro atoms. The number of hydrogen-bond donors (Lipinski definition) is 2. The van der Waals surface area contributed by atoms with Crippen LogP contribution in [0.3, 0.4) is 0 Å². The fraction of sp³-hybridized carbons (Fsp3) is 0.350. The van der Waals surface area contributed by atoms with Gasteiger partial charge in [0.25, 0.3) is 0 Å². The van der Waals surface area contributed by atoms with Gasteiger partial charge in [0.2, 0.25) is 5.91 Å². The van der Waals surface area contributed by atoms with Gasteiger partial charge >= 0.3 is 0 Å². The molecule has 138 valence electrons. The maximum atomic E-state index is 13.3. The maximum Gasteiger partial charge on any atom is 0.239 e. The number of rotatable bonds is 6. The molecule has 0 radical (unpaired) electrons. The second-order valence-electron chi connectivity index (χ2n) is 6.71. The van der Waals surface area contributed by atoms with Gasteiger partial charge in [-0.1, -0.05) is 36.4 Å². The van der Waals surface area contributed by atoms with E-state index in [1.54, 1.807) is 6.07 Å². The Bertz CT molecular complexity index is 746. The van der Waals surface area contributed by atoms with Gasteiger partial charge in [-0.2, -0.15) is 0 Å². The Kier molecular flexibility index (Phi) is 5.96. The van der Waals surface area contributed by atoms with Crippen LogP contribution >= 0.6 is 0 Å². The van der Waals surface area contributed by atoms with Crippen molar-refractivity contribution >= 4 is 5.91 Å². The largest absolute Gasteiger partial charge is 0.368 e. The van der Waals surface area contributed by atoms with Gasteiger partial charge in [-0.15, -0.1) is 0 Å². The van der Waals surface area contributed by atoms with Gasteiger partial charge in [0.15, 0.2) is 11.6 Å². The van der Waals surface area contributed by atoms with Crippen molar-refractivity contribution in [3.63, 3.8) is 0 Å². The van der Waals surface area contributed by atoms with E-state index in [1.165, 1.54) is 6.07 Å². The molecule has 1 saturated heterocycles. The predicted octanol–water partition coefficient (Wildman–Crippen LogP) is 2.75. The van der Waals surface area contributed by atoms with Crippen LogP contribution in [-0.4, -0.2) is 29.9 Å². The summed E-state index contributed by atoms with van der Waals surface area (Å²) in [7, 11) is 0. The highest BCUT2D eigenvalue weighted by Crippen LogP contribution is 2.19. The number of nitrogens with one attached hydrogen (secondary N) is 1. The molecule has 1 unspecified atom stereocenters. The number of piperidine rings is 1. The van der Waals surface area contributed by atoms with Crippen molar-refractivity contribution in [1.29, 1.82) is 0 Å². The SMILES string of the molecule is NC(=O)C(NC1CCN(Cc2ccc(F)c(F)c2)CC1)c1ccccc1. The molecule has 6 heteroatoms. The molecule has 1 aliphatic heterocycles. The van der Waals surface area contributed by atoms with Crippen LogP contribution in [-0.2, 0) is 11.3 Å². The molecule has 1 heterocycles. The van der Waals surface area contributed by atoms with E-state index in [-0.39, 0.29) is 11.9 Å². The molecular formula is C20H23F2N3O. The number of halogens is 2. The Labute approximate surface area is 152 Å². The van der Waals surface area contributed by atoms with E-state index in [0.717, 1.165) is 43.1 Å². The highest BCUT2D eigenvalue weighted by atomic mass is 19.2. The third-order valence-corrected chi connectivity index (χ3v) is 4.80. The van der Waals surface area contributed by atoms with Gasteiger partial charge in [-0.05, 0) is 49.2 Å². The first-order chi connectivity index (χ1) is 12.5. The molecule has 1 amide bonds. The van der Waals surface area contributed by atoms with Crippen molar-refractivity contribution in [1.82, 2.24) is 10.2 Å². The molecule has 3 rings (SSSR count). The van der Waals surface area contributed by atoms with Crippen LogP contribution in [0.2, 0.25) is 0 Å². The minimum absolute atomic E-state index is 0.189. The van der Waals surface area contributed by atoms with Crippen molar-refractivity contribution in [2.24, 2.45) is 5.73 Å². The fourth-order valence-corrected chi connectivity index (χ4v) is 3.38. The minimum Gasteiger partial charge on any atom is -0.368 e. The number of nitrogens with zero attached hydrogens (tertiary/aromatic N) is 1. The first kappa shape index (κ1) is 18.5. The summed E-state index contributed by atoms with van der Waals surface area (Å²) < 4.78 is 26.3. The summed E-state index contributed by atoms with van der Waals surface area (Å²) in [4.78, 5) is 14.0. The summed E-state index contributed by atoms with van der Waals surface area (Å²) in [5, 5.41) is 3.36. The monoisotopic (exact) mass is 359 g/mol. The Morgan fingerprint density at radius 3 is 2.42 bits per heavy atom. The van der Waals surface area contributed by atoms with Crippen LogP contribution in [0.4, 0.5) is 8.78 Å². The highest BCUT2D eigenvalue weighted by molar-refractivity contribution is 5.81. The number of carbonyl (C=O) groups is 1. The first-order valence-electron chi connectivity index (χ1n) is 8.79. The summed E-state index contributed by atoms with van der Waals surface area (Å²) in [5.41, 5.74) is 7.19. The topological polar surface area (TPSA) is 58.4 Å². The van der Waals surface area contributed by atoms with Crippen molar-refractivity contribution in [3.05, 3.63) is 71.3 Å². The van der Waals surface area contributed by atoms with Gasteiger partial charge in [0.1, 0.15) is 6.04 Å². The predicted molar refractivity (Wildman–Crippen MR) is 96.2 cm³/mol. The highest BCUT2D eigenvalue weighted by Gasteiger charge is 2.25. The van der Waals surface area contributed by atoms with Crippen LogP contribution in [0.1, 0.15) is 30.0 Å². The number of amides is 1. The summed E-state index contributed by atoms with van der Waals surface area (Å²) in [6.45, 7) is 2.22. The van der Waals surface area contributed by atoms with Crippen molar-refractivity contribution < 1.29 is 13.6 Å². The molecule has 26 heavy (non-hydrogen) atoms. The van der Waals surface area contributed by atoms with Gasteiger partial charge in [-0.25, -0.2) is 8.78 Å². The molecule has 1 fully saturated rings. The standard InChI is InChI=1S/C20H23F2N3O/c21-17-7-6-14(12-18(17)22)13-25-10-8-16(9-11-25)24-19(20(23)26)15-4-2-1-3-5-15/h1-7,12,16,19,24H,8-11,13H2,(H2,23,26). The molecule has 2 aromatic rings. The molecule has 3 N–H and O–H groups in total. The van der Waals surface area contributed by atoms with E-state index in [1.807, 2.05) is 30.3 Å². The molecule has 1 aliphatic rings. The maximum absolute atomic E-state index is 13.3. The molecule has 0 saturated carbocycles. The first-order valence-corrected chi connectivity index (χ1v) is 8.79. The molecule has 0 bridgehead atoms. The Balaban J connectivity index is 1.54. The molecule has 1 atom stereocenters. The third-order valence-electron chi connectivity index (χ3n) is 4.80. The van der Waals surface area contributed by atoms with Crippen molar-refractivity contribution in [2.45, 2.75) is 31.5 Å². The van der Waals surface area contributed by atoms with E-state index in [4.69, 9.17) is 5.73 Å². The fourth-order valence-electron chi connectivity index (χ4n) is 3.38. The number of likely N-dealkylation sites (tertiary alicyclic amines) is 1. The zero-order valence-corrected chi connectivity index (χ0v) is 14.5. The average molecular weight is 359 g/mol. The lowest BCUT2D eigenvalue weighted by Gasteiger charge is -2.34. The zero-order chi connectivity index (χ0) is 18.5. The van der Waals surface area contributed by atoms with Crippen LogP contribution in [0.15, 0.2) is 48.5 Å². The second-order valence-corrected chi connectivity index (χ2v) is 6.71. The minimum atomic E-state index is -0.824. The molecular weight excluding hydrogens is 336 g/mol. The van der Waals surface area contributed by atoms with E-state index in [9.17, 15) is 13.6 Å². The van der Waals surface area contributed by atoms with Crippen LogP contribution < -0.4 is 11.1 Å². The lowest BCUT2D eigenvalue weighted by Crippen LogP contribution is -2.46. The molecule has 0 aromatic heterocycles. The second kappa shape index (κ2) is 8.38. The average Bonchev–Trinajstić information content (AvgIpc) is 2.64. The van der Waals surface area contributed by atoms with E-state index < -0.39 is 17.7 Å².